The standard InChI is InChI=1S/C31H31N7O6S/c1-17(2)23(24(40)26-36-37-28(44-26)31(3,4)29-33-19-13-9-10-14-21(19)45-29)34-22(39)16-38-20(18-11-7-6-8-12-18)15-32-25(27(38)41)35-30(42)43-5/h6-15,17,23H,16H2,1-5H3,(H,34,39)(H,32,35,42). The van der Waals surface area contributed by atoms with E-state index in [0.717, 1.165) is 26.9 Å². The van der Waals surface area contributed by atoms with Crippen molar-refractivity contribution in [3.63, 3.8) is 0 Å². The molecule has 3 heterocycles. The van der Waals surface area contributed by atoms with Crippen LogP contribution in [-0.2, 0) is 21.5 Å². The minimum Gasteiger partial charge on any atom is -0.453 e. The molecule has 0 radical (unpaired) electrons. The normalized spacial score (nSPS) is 12.2. The van der Waals surface area contributed by atoms with Gasteiger partial charge in [0.05, 0.1) is 40.7 Å². The maximum atomic E-state index is 13.6. The number of hydrogen-bond acceptors (Lipinski definition) is 11. The Morgan fingerprint density at radius 2 is 1.76 bits per heavy atom. The molecule has 0 aliphatic heterocycles. The van der Waals surface area contributed by atoms with E-state index in [1.807, 2.05) is 38.1 Å². The number of Topliss-reactive ketones (excluding diaryl/α,β-unsaturated/α-hetero) is 1. The van der Waals surface area contributed by atoms with Crippen molar-refractivity contribution in [2.24, 2.45) is 5.92 Å². The Morgan fingerprint density at radius 3 is 2.44 bits per heavy atom. The molecule has 0 saturated heterocycles. The molecular weight excluding hydrogens is 598 g/mol. The number of nitrogens with zero attached hydrogens (tertiary/aromatic N) is 5. The number of ether oxygens (including phenoxy) is 1. The molecule has 5 rings (SSSR count). The summed E-state index contributed by atoms with van der Waals surface area (Å²) in [4.78, 5) is 60.9. The second-order valence-corrected chi connectivity index (χ2v) is 12.1. The summed E-state index contributed by atoms with van der Waals surface area (Å²) in [6.07, 6.45) is 0.479. The van der Waals surface area contributed by atoms with Crippen LogP contribution in [0.4, 0.5) is 10.6 Å². The van der Waals surface area contributed by atoms with E-state index in [2.05, 4.69) is 30.6 Å². The molecule has 1 atom stereocenters. The van der Waals surface area contributed by atoms with Crippen molar-refractivity contribution in [3.05, 3.63) is 87.9 Å². The van der Waals surface area contributed by atoms with Crippen molar-refractivity contribution >= 4 is 45.2 Å². The summed E-state index contributed by atoms with van der Waals surface area (Å²) in [5, 5.41) is 13.9. The van der Waals surface area contributed by atoms with Gasteiger partial charge >= 0.3 is 6.09 Å². The third-order valence-corrected chi connectivity index (χ3v) is 8.46. The highest BCUT2D eigenvalue weighted by atomic mass is 32.1. The molecule has 0 fully saturated rings. The number of rotatable bonds is 10. The van der Waals surface area contributed by atoms with E-state index in [0.29, 0.717) is 11.3 Å². The lowest BCUT2D eigenvalue weighted by atomic mass is 9.94. The number of thiazole rings is 1. The monoisotopic (exact) mass is 629 g/mol. The van der Waals surface area contributed by atoms with Gasteiger partial charge in [-0.3, -0.25) is 24.3 Å². The molecule has 3 aromatic heterocycles. The number of aromatic nitrogens is 5. The van der Waals surface area contributed by atoms with Crippen LogP contribution >= 0.6 is 11.3 Å². The number of ketones is 1. The molecule has 0 bridgehead atoms. The number of methoxy groups -OCH3 is 1. The van der Waals surface area contributed by atoms with Gasteiger partial charge in [0.25, 0.3) is 11.4 Å². The number of para-hydroxylation sites is 1. The Labute approximate surface area is 261 Å². The first-order chi connectivity index (χ1) is 21.5. The Kier molecular flexibility index (Phi) is 8.86. The number of amides is 2. The van der Waals surface area contributed by atoms with Crippen LogP contribution in [0.5, 0.6) is 0 Å². The van der Waals surface area contributed by atoms with Gasteiger partial charge in [0.2, 0.25) is 23.4 Å². The molecule has 2 aromatic carbocycles. The second kappa shape index (κ2) is 12.8. The van der Waals surface area contributed by atoms with Crippen LogP contribution in [0, 0.1) is 5.92 Å². The lowest BCUT2D eigenvalue weighted by molar-refractivity contribution is -0.122. The lowest BCUT2D eigenvalue weighted by Gasteiger charge is -2.21. The van der Waals surface area contributed by atoms with E-state index in [4.69, 9.17) is 9.40 Å². The molecule has 0 aliphatic carbocycles. The molecule has 0 aliphatic rings. The fraction of sp³-hybridized carbons (Fsp3) is 0.290. The van der Waals surface area contributed by atoms with Gasteiger partial charge in [-0.05, 0) is 37.5 Å². The van der Waals surface area contributed by atoms with Crippen molar-refractivity contribution in [2.45, 2.75) is 45.7 Å². The van der Waals surface area contributed by atoms with E-state index in [1.165, 1.54) is 17.5 Å². The SMILES string of the molecule is COC(=O)Nc1ncc(-c2ccccc2)n(CC(=O)NC(C(=O)c2nnc(C(C)(C)c3nc4ccccc4s3)o2)C(C)C)c1=O. The predicted octanol–water partition coefficient (Wildman–Crippen LogP) is 4.43. The summed E-state index contributed by atoms with van der Waals surface area (Å²) < 4.78 is 12.6. The van der Waals surface area contributed by atoms with Crippen LogP contribution in [0.2, 0.25) is 0 Å². The average molecular weight is 630 g/mol. The highest BCUT2D eigenvalue weighted by molar-refractivity contribution is 7.18. The van der Waals surface area contributed by atoms with Crippen molar-refractivity contribution in [3.8, 4) is 11.3 Å². The van der Waals surface area contributed by atoms with Crippen LogP contribution in [-0.4, -0.2) is 55.7 Å². The second-order valence-electron chi connectivity index (χ2n) is 11.0. The smallest absolute Gasteiger partial charge is 0.412 e. The topological polar surface area (TPSA) is 171 Å². The van der Waals surface area contributed by atoms with Crippen molar-refractivity contribution in [2.75, 3.05) is 12.4 Å². The zero-order chi connectivity index (χ0) is 32.3. The minimum absolute atomic E-state index is 0.209. The summed E-state index contributed by atoms with van der Waals surface area (Å²) in [7, 11) is 1.15. The maximum absolute atomic E-state index is 13.6. The fourth-order valence-electron chi connectivity index (χ4n) is 4.55. The highest BCUT2D eigenvalue weighted by Crippen LogP contribution is 2.36. The van der Waals surface area contributed by atoms with Crippen molar-refractivity contribution < 1.29 is 23.5 Å². The summed E-state index contributed by atoms with van der Waals surface area (Å²) in [6, 6.07) is 15.6. The Balaban J connectivity index is 1.39. The Hall–Kier alpha value is -5.24. The van der Waals surface area contributed by atoms with Gasteiger partial charge in [-0.15, -0.1) is 21.5 Å². The first kappa shape index (κ1) is 31.2. The van der Waals surface area contributed by atoms with Gasteiger partial charge < -0.3 is 14.5 Å². The zero-order valence-corrected chi connectivity index (χ0v) is 26.0. The molecule has 232 valence electrons. The third-order valence-electron chi connectivity index (χ3n) is 7.10. The molecule has 2 N–H and O–H groups in total. The summed E-state index contributed by atoms with van der Waals surface area (Å²) in [6.45, 7) is 6.81. The first-order valence-corrected chi connectivity index (χ1v) is 14.8. The van der Waals surface area contributed by atoms with Crippen LogP contribution in [0.15, 0.2) is 70.0 Å². The molecule has 1 unspecified atom stereocenters. The quantitative estimate of drug-likeness (QED) is 0.211. The van der Waals surface area contributed by atoms with Gasteiger partial charge in [-0.2, -0.15) is 0 Å². The van der Waals surface area contributed by atoms with E-state index in [9.17, 15) is 19.2 Å². The molecule has 0 spiro atoms. The van der Waals surface area contributed by atoms with E-state index < -0.39 is 41.3 Å². The van der Waals surface area contributed by atoms with Crippen LogP contribution in [0.3, 0.4) is 0 Å². The van der Waals surface area contributed by atoms with Crippen molar-refractivity contribution in [1.29, 1.82) is 0 Å². The molecule has 0 saturated carbocycles. The molecule has 5 aromatic rings. The van der Waals surface area contributed by atoms with Gasteiger partial charge in [-0.1, -0.05) is 56.3 Å². The fourth-order valence-corrected chi connectivity index (χ4v) is 5.61. The zero-order valence-electron chi connectivity index (χ0n) is 25.2. The number of nitrogens with one attached hydrogen (secondary N) is 2. The van der Waals surface area contributed by atoms with Crippen LogP contribution < -0.4 is 16.2 Å². The Bertz CT molecular complexity index is 1900. The predicted molar refractivity (Wildman–Crippen MR) is 167 cm³/mol. The van der Waals surface area contributed by atoms with Gasteiger partial charge in [0.15, 0.2) is 0 Å². The summed E-state index contributed by atoms with van der Waals surface area (Å²) in [5.74, 6) is -1.94. The number of carbonyl (C=O) groups excluding carboxylic acids is 3. The van der Waals surface area contributed by atoms with Crippen molar-refractivity contribution in [1.82, 2.24) is 30.0 Å². The molecule has 45 heavy (non-hydrogen) atoms. The Morgan fingerprint density at radius 1 is 1.04 bits per heavy atom. The number of fused-ring (bicyclic) bond motifs is 1. The molecule has 2 amide bonds. The third kappa shape index (κ3) is 6.50. The lowest BCUT2D eigenvalue weighted by Crippen LogP contribution is -2.46. The first-order valence-electron chi connectivity index (χ1n) is 14.0. The maximum Gasteiger partial charge on any atom is 0.412 e. The van der Waals surface area contributed by atoms with Gasteiger partial charge in [0.1, 0.15) is 11.6 Å². The number of anilines is 1. The van der Waals surface area contributed by atoms with E-state index in [1.54, 1.807) is 44.2 Å². The molecule has 13 nitrogen and oxygen atoms in total. The van der Waals surface area contributed by atoms with Gasteiger partial charge in [0, 0.05) is 0 Å². The molecular formula is C31H31N7O6S. The van der Waals surface area contributed by atoms with E-state index >= 15 is 0 Å². The van der Waals surface area contributed by atoms with Gasteiger partial charge in [-0.25, -0.2) is 14.8 Å². The minimum atomic E-state index is -1.04. The summed E-state index contributed by atoms with van der Waals surface area (Å²) in [5.41, 5.74) is 0.282. The average Bonchev–Trinajstić information content (AvgIpc) is 3.71. The highest BCUT2D eigenvalue weighted by Gasteiger charge is 2.36. The largest absolute Gasteiger partial charge is 0.453 e. The van der Waals surface area contributed by atoms with Crippen LogP contribution in [0.25, 0.3) is 21.5 Å². The summed E-state index contributed by atoms with van der Waals surface area (Å²) >= 11 is 1.50. The number of benzene rings is 2. The van der Waals surface area contributed by atoms with Crippen LogP contribution in [0.1, 0.15) is 49.3 Å². The number of hydrogen-bond donors (Lipinski definition) is 2. The molecule has 14 heteroatoms. The van der Waals surface area contributed by atoms with E-state index in [-0.39, 0.29) is 23.5 Å². The number of carbonyl (C=O) groups is 3.